The lowest BCUT2D eigenvalue weighted by atomic mass is 10.3. The van der Waals surface area contributed by atoms with Crippen LogP contribution in [-0.2, 0) is 4.57 Å². The van der Waals surface area contributed by atoms with Crippen molar-refractivity contribution in [2.75, 3.05) is 11.2 Å². The van der Waals surface area contributed by atoms with Crippen molar-refractivity contribution in [3.8, 4) is 0 Å². The van der Waals surface area contributed by atoms with Crippen LogP contribution in [0.4, 0.5) is 5.69 Å². The predicted octanol–water partition coefficient (Wildman–Crippen LogP) is 2.19. The van der Waals surface area contributed by atoms with Crippen molar-refractivity contribution in [3.05, 3.63) is 29.3 Å². The number of halogens is 1. The van der Waals surface area contributed by atoms with Gasteiger partial charge in [0.2, 0.25) is 0 Å². The molecular weight excluding hydrogens is 221 g/mol. The highest BCUT2D eigenvalue weighted by Crippen LogP contribution is 2.36. The van der Waals surface area contributed by atoms with Gasteiger partial charge in [-0.05, 0) is 31.2 Å². The molecular formula is C8H13ClN3OP. The number of hydrogen-bond acceptors (Lipinski definition) is 1. The van der Waals surface area contributed by atoms with E-state index in [-0.39, 0.29) is 0 Å². The standard InChI is InChI=1S/C8H13ClN3OP/c1-2-12(14(10,11)13)8-5-3-7(9)4-6-8/h3-6H,2H2,1H3,(H4,10,11,13). The fourth-order valence-corrected chi connectivity index (χ4v) is 2.26. The molecule has 14 heavy (non-hydrogen) atoms. The van der Waals surface area contributed by atoms with Crippen molar-refractivity contribution >= 4 is 24.9 Å². The Bertz CT molecular complexity index is 348. The van der Waals surface area contributed by atoms with E-state index in [9.17, 15) is 4.57 Å². The molecule has 0 fully saturated rings. The summed E-state index contributed by atoms with van der Waals surface area (Å²) in [4.78, 5) is 0. The molecule has 0 spiro atoms. The second-order valence-electron chi connectivity index (χ2n) is 2.86. The van der Waals surface area contributed by atoms with Gasteiger partial charge in [-0.3, -0.25) is 20.2 Å². The van der Waals surface area contributed by atoms with Gasteiger partial charge in [0.1, 0.15) is 0 Å². The molecule has 0 bridgehead atoms. The van der Waals surface area contributed by atoms with Crippen molar-refractivity contribution in [2.24, 2.45) is 11.0 Å². The third-order valence-corrected chi connectivity index (χ3v) is 3.32. The summed E-state index contributed by atoms with van der Waals surface area (Å²) in [5.74, 6) is 0. The van der Waals surface area contributed by atoms with Gasteiger partial charge in [-0.2, -0.15) is 0 Å². The Kier molecular flexibility index (Phi) is 3.56. The lowest BCUT2D eigenvalue weighted by Gasteiger charge is -2.26. The zero-order valence-electron chi connectivity index (χ0n) is 7.85. The van der Waals surface area contributed by atoms with Crippen LogP contribution in [0.3, 0.4) is 0 Å². The molecule has 0 saturated carbocycles. The molecule has 0 aromatic heterocycles. The zero-order valence-corrected chi connectivity index (χ0v) is 9.50. The van der Waals surface area contributed by atoms with Crippen molar-refractivity contribution < 1.29 is 4.57 Å². The highest BCUT2D eigenvalue weighted by Gasteiger charge is 2.19. The number of nitrogens with two attached hydrogens (primary N) is 2. The predicted molar refractivity (Wildman–Crippen MR) is 60.5 cm³/mol. The first kappa shape index (κ1) is 11.5. The van der Waals surface area contributed by atoms with Gasteiger partial charge in [-0.25, -0.2) is 0 Å². The molecule has 0 heterocycles. The summed E-state index contributed by atoms with van der Waals surface area (Å²) in [6.45, 7) is 2.33. The SMILES string of the molecule is CCN(c1ccc(Cl)cc1)P(N)(N)=O. The molecule has 4 N–H and O–H groups in total. The fraction of sp³-hybridized carbons (Fsp3) is 0.250. The summed E-state index contributed by atoms with van der Waals surface area (Å²) < 4.78 is 12.9. The highest BCUT2D eigenvalue weighted by atomic mass is 35.5. The average Bonchev–Trinajstić information content (AvgIpc) is 2.07. The van der Waals surface area contributed by atoms with E-state index < -0.39 is 7.59 Å². The molecule has 0 aliphatic rings. The summed E-state index contributed by atoms with van der Waals surface area (Å²) in [7, 11) is -3.22. The minimum atomic E-state index is -3.22. The Morgan fingerprint density at radius 2 is 1.86 bits per heavy atom. The van der Waals surface area contributed by atoms with E-state index in [0.717, 1.165) is 0 Å². The Morgan fingerprint density at radius 3 is 2.21 bits per heavy atom. The number of benzene rings is 1. The van der Waals surface area contributed by atoms with Gasteiger partial charge in [0.25, 0.3) is 0 Å². The number of anilines is 1. The monoisotopic (exact) mass is 233 g/mol. The maximum atomic E-state index is 11.5. The van der Waals surface area contributed by atoms with Crippen molar-refractivity contribution in [3.63, 3.8) is 0 Å². The molecule has 0 aliphatic carbocycles. The van der Waals surface area contributed by atoms with Gasteiger partial charge in [-0.1, -0.05) is 11.6 Å². The minimum absolute atomic E-state index is 0.492. The maximum Gasteiger partial charge on any atom is 0.300 e. The van der Waals surface area contributed by atoms with Crippen LogP contribution in [0.5, 0.6) is 0 Å². The lowest BCUT2D eigenvalue weighted by molar-refractivity contribution is 0.573. The third kappa shape index (κ3) is 2.72. The van der Waals surface area contributed by atoms with Crippen LogP contribution in [0.25, 0.3) is 0 Å². The van der Waals surface area contributed by atoms with E-state index in [0.29, 0.717) is 17.3 Å². The highest BCUT2D eigenvalue weighted by molar-refractivity contribution is 7.60. The molecule has 78 valence electrons. The van der Waals surface area contributed by atoms with E-state index in [1.807, 2.05) is 6.92 Å². The van der Waals surface area contributed by atoms with Crippen molar-refractivity contribution in [1.29, 1.82) is 0 Å². The average molecular weight is 234 g/mol. The Hall–Kier alpha value is -0.540. The van der Waals surface area contributed by atoms with E-state index >= 15 is 0 Å². The Morgan fingerprint density at radius 1 is 1.36 bits per heavy atom. The Labute approximate surface area is 88.4 Å². The molecule has 0 saturated heterocycles. The lowest BCUT2D eigenvalue weighted by Crippen LogP contribution is -2.28. The molecule has 0 atom stereocenters. The number of nitrogens with zero attached hydrogens (tertiary/aromatic N) is 1. The molecule has 0 radical (unpaired) electrons. The molecule has 1 rings (SSSR count). The summed E-state index contributed by atoms with van der Waals surface area (Å²) in [6, 6.07) is 6.88. The molecule has 6 heteroatoms. The normalized spacial score (nSPS) is 11.4. The van der Waals surface area contributed by atoms with Crippen LogP contribution in [0.1, 0.15) is 6.92 Å². The largest absolute Gasteiger partial charge is 0.300 e. The first-order valence-electron chi connectivity index (χ1n) is 4.16. The van der Waals surface area contributed by atoms with E-state index in [2.05, 4.69) is 0 Å². The smallest absolute Gasteiger partial charge is 0.300 e. The van der Waals surface area contributed by atoms with Crippen LogP contribution in [0, 0.1) is 0 Å². The summed E-state index contributed by atoms with van der Waals surface area (Å²) >= 11 is 5.72. The fourth-order valence-electron chi connectivity index (χ4n) is 1.20. The molecule has 1 aromatic rings. The molecule has 4 nitrogen and oxygen atoms in total. The zero-order chi connectivity index (χ0) is 10.8. The van der Waals surface area contributed by atoms with Crippen LogP contribution in [-0.4, -0.2) is 6.54 Å². The van der Waals surface area contributed by atoms with Crippen molar-refractivity contribution in [2.45, 2.75) is 6.92 Å². The maximum absolute atomic E-state index is 11.5. The van der Waals surface area contributed by atoms with Gasteiger partial charge < -0.3 is 0 Å². The van der Waals surface area contributed by atoms with Crippen LogP contribution < -0.4 is 15.7 Å². The van der Waals surface area contributed by atoms with Crippen LogP contribution in [0.15, 0.2) is 24.3 Å². The third-order valence-electron chi connectivity index (χ3n) is 1.80. The van der Waals surface area contributed by atoms with Gasteiger partial charge in [0, 0.05) is 17.3 Å². The molecule has 0 amide bonds. The summed E-state index contributed by atoms with van der Waals surface area (Å²) in [5, 5.41) is 0.619. The summed E-state index contributed by atoms with van der Waals surface area (Å²) in [6.07, 6.45) is 0. The van der Waals surface area contributed by atoms with E-state index in [4.69, 9.17) is 22.6 Å². The van der Waals surface area contributed by atoms with Gasteiger partial charge in [0.15, 0.2) is 0 Å². The van der Waals surface area contributed by atoms with E-state index in [1.54, 1.807) is 24.3 Å². The van der Waals surface area contributed by atoms with Crippen molar-refractivity contribution in [1.82, 2.24) is 0 Å². The number of rotatable bonds is 3. The molecule has 0 unspecified atom stereocenters. The second kappa shape index (κ2) is 4.32. The quantitative estimate of drug-likeness (QED) is 0.785. The van der Waals surface area contributed by atoms with Gasteiger partial charge in [0.05, 0.1) is 0 Å². The summed E-state index contributed by atoms with van der Waals surface area (Å²) in [5.41, 5.74) is 11.5. The topological polar surface area (TPSA) is 72.3 Å². The first-order chi connectivity index (χ1) is 6.45. The number of hydrogen-bond donors (Lipinski definition) is 2. The minimum Gasteiger partial charge on any atom is -0.300 e. The van der Waals surface area contributed by atoms with Gasteiger partial charge >= 0.3 is 7.59 Å². The van der Waals surface area contributed by atoms with Crippen LogP contribution in [0.2, 0.25) is 5.02 Å². The molecule has 0 aliphatic heterocycles. The van der Waals surface area contributed by atoms with Crippen LogP contribution >= 0.6 is 19.2 Å². The molecule has 1 aromatic carbocycles. The Balaban J connectivity index is 3.02. The second-order valence-corrected chi connectivity index (χ2v) is 5.13. The van der Waals surface area contributed by atoms with Gasteiger partial charge in [-0.15, -0.1) is 0 Å². The van der Waals surface area contributed by atoms with E-state index in [1.165, 1.54) is 4.67 Å². The first-order valence-corrected chi connectivity index (χ1v) is 6.33.